The Bertz CT molecular complexity index is 993. The highest BCUT2D eigenvalue weighted by Gasteiger charge is 2.79. The van der Waals surface area contributed by atoms with Gasteiger partial charge in [-0.2, -0.15) is 0 Å². The molecule has 1 amide bonds. The third-order valence-electron chi connectivity index (χ3n) is 7.43. The van der Waals surface area contributed by atoms with Crippen LogP contribution < -0.4 is 27.8 Å². The summed E-state index contributed by atoms with van der Waals surface area (Å²) in [5, 5.41) is 16.9. The monoisotopic (exact) mass is 419 g/mol. The number of hydrogen-bond donors (Lipinski definition) is 6. The average molecular weight is 420 g/mol. The minimum atomic E-state index is -1.19. The van der Waals surface area contributed by atoms with Crippen molar-refractivity contribution < 1.29 is 9.90 Å². The summed E-state index contributed by atoms with van der Waals surface area (Å²) >= 11 is 6.94. The lowest BCUT2D eigenvalue weighted by Crippen LogP contribution is -2.74. The largest absolute Gasteiger partial charge is 0.370 e. The van der Waals surface area contributed by atoms with E-state index in [9.17, 15) is 9.90 Å². The van der Waals surface area contributed by atoms with Crippen LogP contribution in [0.25, 0.3) is 0 Å². The topological polar surface area (TPSA) is 172 Å². The Morgan fingerprint density at radius 2 is 2.07 bits per heavy atom. The standard InChI is InChI=1S/C17H22ClN9O2/c18-10-6(4-19)7-5-27-11(28)8-2-1-3-26(8)12-17(27,25-14(20)22-12)9(7)16(10)13(29)23-15(21)24-16/h1-3,6-7,9-10,12-13,29H,4-5,19H2,(H3,20,22,25)(H3,21,23,24)/t6-,7-,9-,10-,12-,13+,16+,17-/m0/s1. The molecule has 9 N–H and O–H groups in total. The first kappa shape index (κ1) is 17.4. The number of aromatic nitrogens is 1. The molecular formula is C17H22ClN9O2. The Morgan fingerprint density at radius 3 is 2.76 bits per heavy atom. The maximum Gasteiger partial charge on any atom is 0.272 e. The van der Waals surface area contributed by atoms with Gasteiger partial charge in [-0.3, -0.25) is 4.79 Å². The smallest absolute Gasteiger partial charge is 0.272 e. The summed E-state index contributed by atoms with van der Waals surface area (Å²) in [7, 11) is 0. The van der Waals surface area contributed by atoms with Crippen LogP contribution in [0.3, 0.4) is 0 Å². The van der Waals surface area contributed by atoms with Crippen LogP contribution in [0.2, 0.25) is 0 Å². The van der Waals surface area contributed by atoms with Crippen molar-refractivity contribution in [3.8, 4) is 0 Å². The van der Waals surface area contributed by atoms with E-state index in [-0.39, 0.29) is 35.6 Å². The lowest BCUT2D eigenvalue weighted by atomic mass is 9.73. The fraction of sp³-hybridized carbons (Fsp3) is 0.588. The molecule has 0 radical (unpaired) electrons. The molecule has 1 aromatic heterocycles. The van der Waals surface area contributed by atoms with Crippen molar-refractivity contribution in [2.75, 3.05) is 13.1 Å². The summed E-state index contributed by atoms with van der Waals surface area (Å²) in [6.07, 6.45) is 0.125. The van der Waals surface area contributed by atoms with Gasteiger partial charge in [0.2, 0.25) is 0 Å². The van der Waals surface area contributed by atoms with E-state index in [0.717, 1.165) is 0 Å². The lowest BCUT2D eigenvalue weighted by Gasteiger charge is -2.51. The van der Waals surface area contributed by atoms with E-state index in [4.69, 9.17) is 28.8 Å². The van der Waals surface area contributed by atoms with Gasteiger partial charge in [-0.25, -0.2) is 9.98 Å². The Hall–Kier alpha value is -2.50. The highest BCUT2D eigenvalue weighted by Crippen LogP contribution is 2.63. The Balaban J connectivity index is 1.60. The number of rotatable bonds is 1. The van der Waals surface area contributed by atoms with Crippen molar-refractivity contribution in [1.82, 2.24) is 20.1 Å². The Kier molecular flexibility index (Phi) is 3.09. The number of carbonyl (C=O) groups excluding carboxylic acids is 1. The zero-order valence-electron chi connectivity index (χ0n) is 15.4. The predicted molar refractivity (Wildman–Crippen MR) is 105 cm³/mol. The van der Waals surface area contributed by atoms with Crippen LogP contribution in [-0.2, 0) is 0 Å². The molecular weight excluding hydrogens is 398 g/mol. The van der Waals surface area contributed by atoms with Gasteiger partial charge in [-0.15, -0.1) is 11.6 Å². The summed E-state index contributed by atoms with van der Waals surface area (Å²) in [6, 6.07) is 3.58. The molecule has 5 heterocycles. The molecule has 2 fully saturated rings. The molecule has 1 saturated heterocycles. The van der Waals surface area contributed by atoms with Gasteiger partial charge in [0.15, 0.2) is 30.0 Å². The molecule has 1 aromatic rings. The summed E-state index contributed by atoms with van der Waals surface area (Å²) in [6.45, 7) is 0.721. The molecule has 5 aliphatic rings. The zero-order chi connectivity index (χ0) is 20.3. The third kappa shape index (κ3) is 1.68. The number of nitrogens with one attached hydrogen (secondary N) is 2. The van der Waals surface area contributed by atoms with Crippen molar-refractivity contribution in [3.63, 3.8) is 0 Å². The van der Waals surface area contributed by atoms with Crippen molar-refractivity contribution in [3.05, 3.63) is 24.0 Å². The molecule has 4 aliphatic heterocycles. The molecule has 0 bridgehead atoms. The maximum atomic E-state index is 13.4. The average Bonchev–Trinajstić information content (AvgIpc) is 3.42. The number of amides is 1. The number of nitrogens with zero attached hydrogens (tertiary/aromatic N) is 4. The molecule has 29 heavy (non-hydrogen) atoms. The zero-order valence-corrected chi connectivity index (χ0v) is 16.1. The molecule has 8 atom stereocenters. The first-order valence-electron chi connectivity index (χ1n) is 9.60. The van der Waals surface area contributed by atoms with Crippen molar-refractivity contribution in [2.45, 2.75) is 29.0 Å². The quantitative estimate of drug-likeness (QED) is 0.272. The number of fused-ring (bicyclic) bond motifs is 4. The molecule has 2 spiro atoms. The van der Waals surface area contributed by atoms with Crippen molar-refractivity contribution >= 4 is 29.4 Å². The minimum Gasteiger partial charge on any atom is -0.370 e. The van der Waals surface area contributed by atoms with Crippen LogP contribution >= 0.6 is 11.6 Å². The lowest BCUT2D eigenvalue weighted by molar-refractivity contribution is -0.0269. The van der Waals surface area contributed by atoms with Crippen molar-refractivity contribution in [2.24, 2.45) is 44.9 Å². The molecule has 0 unspecified atom stereocenters. The van der Waals surface area contributed by atoms with Crippen LogP contribution in [0.15, 0.2) is 28.3 Å². The highest BCUT2D eigenvalue weighted by atomic mass is 35.5. The van der Waals surface area contributed by atoms with Gasteiger partial charge in [0.25, 0.3) is 5.91 Å². The van der Waals surface area contributed by atoms with E-state index in [1.807, 2.05) is 16.8 Å². The van der Waals surface area contributed by atoms with Crippen LogP contribution in [0.4, 0.5) is 0 Å². The molecule has 12 heteroatoms. The second kappa shape index (κ2) is 5.15. The first-order chi connectivity index (χ1) is 13.9. The highest BCUT2D eigenvalue weighted by molar-refractivity contribution is 6.22. The van der Waals surface area contributed by atoms with E-state index < -0.39 is 29.0 Å². The summed E-state index contributed by atoms with van der Waals surface area (Å²) in [5.74, 6) is -0.441. The van der Waals surface area contributed by atoms with E-state index >= 15 is 0 Å². The summed E-state index contributed by atoms with van der Waals surface area (Å²) < 4.78 is 1.83. The summed E-state index contributed by atoms with van der Waals surface area (Å²) in [4.78, 5) is 24.0. The van der Waals surface area contributed by atoms with E-state index in [1.54, 1.807) is 11.0 Å². The number of nitrogens with two attached hydrogens (primary N) is 3. The fourth-order valence-corrected chi connectivity index (χ4v) is 7.13. The van der Waals surface area contributed by atoms with Gasteiger partial charge in [0, 0.05) is 18.7 Å². The third-order valence-corrected chi connectivity index (χ3v) is 8.12. The SMILES string of the molecule is NC[C@H]1[C@@H]2CN3C(=O)c4cccn4[C@@H]4N=C(N)N[C@]43[C@@H]2[C@@]2(NC(N)=N[C@@H]2O)[C@H]1Cl. The molecule has 1 aliphatic carbocycles. The number of halogens is 1. The number of alkyl halides is 1. The van der Waals surface area contributed by atoms with Crippen LogP contribution in [0.1, 0.15) is 16.7 Å². The van der Waals surface area contributed by atoms with E-state index in [1.165, 1.54) is 0 Å². The molecule has 154 valence electrons. The van der Waals surface area contributed by atoms with Gasteiger partial charge < -0.3 is 42.4 Å². The number of guanidine groups is 2. The minimum absolute atomic E-state index is 0.101. The van der Waals surface area contributed by atoms with Gasteiger partial charge in [-0.05, 0) is 30.5 Å². The number of aliphatic hydroxyl groups is 1. The first-order valence-corrected chi connectivity index (χ1v) is 10.0. The molecule has 1 saturated carbocycles. The second-order valence-corrected chi connectivity index (χ2v) is 8.91. The van der Waals surface area contributed by atoms with Crippen molar-refractivity contribution in [1.29, 1.82) is 0 Å². The number of carbonyl (C=O) groups is 1. The van der Waals surface area contributed by atoms with Gasteiger partial charge in [0.05, 0.1) is 5.38 Å². The summed E-state index contributed by atoms with van der Waals surface area (Å²) in [5.41, 5.74) is 16.6. The second-order valence-electron chi connectivity index (χ2n) is 8.44. The molecule has 6 rings (SSSR count). The fourth-order valence-electron chi connectivity index (χ4n) is 6.54. The van der Waals surface area contributed by atoms with Gasteiger partial charge >= 0.3 is 0 Å². The molecule has 11 nitrogen and oxygen atoms in total. The number of hydrogen-bond acceptors (Lipinski definition) is 9. The van der Waals surface area contributed by atoms with Crippen LogP contribution in [0, 0.1) is 17.8 Å². The normalized spacial score (nSPS) is 46.6. The van der Waals surface area contributed by atoms with Gasteiger partial charge in [0.1, 0.15) is 11.2 Å². The number of aliphatic hydroxyl groups excluding tert-OH is 1. The number of aliphatic imine (C=N–C) groups is 2. The Morgan fingerprint density at radius 1 is 1.31 bits per heavy atom. The predicted octanol–water partition coefficient (Wildman–Crippen LogP) is -2.53. The van der Waals surface area contributed by atoms with Crippen LogP contribution in [0.5, 0.6) is 0 Å². The van der Waals surface area contributed by atoms with E-state index in [0.29, 0.717) is 18.8 Å². The van der Waals surface area contributed by atoms with E-state index in [2.05, 4.69) is 20.6 Å². The van der Waals surface area contributed by atoms with Crippen LogP contribution in [-0.4, -0.2) is 68.3 Å². The molecule has 0 aromatic carbocycles. The Labute approximate surface area is 170 Å². The van der Waals surface area contributed by atoms with Gasteiger partial charge in [-0.1, -0.05) is 0 Å². The maximum absolute atomic E-state index is 13.4.